The van der Waals surface area contributed by atoms with Gasteiger partial charge in [-0.25, -0.2) is 4.39 Å². The van der Waals surface area contributed by atoms with Crippen molar-refractivity contribution < 1.29 is 13.9 Å². The van der Waals surface area contributed by atoms with Gasteiger partial charge < -0.3 is 10.1 Å². The van der Waals surface area contributed by atoms with Gasteiger partial charge in [0, 0.05) is 18.6 Å². The number of carbonyl (C=O) groups excluding carboxylic acids is 1. The number of hydrogen-bond acceptors (Lipinski definition) is 2. The maximum atomic E-state index is 13.0. The number of carbonyl (C=O) groups is 1. The summed E-state index contributed by atoms with van der Waals surface area (Å²) in [4.78, 5) is 12.6. The number of ether oxygens (including phenoxy) is 1. The molecular weight excluding hydrogens is 305 g/mol. The van der Waals surface area contributed by atoms with Crippen molar-refractivity contribution in [2.45, 2.75) is 68.9 Å². The second-order valence-electron chi connectivity index (χ2n) is 7.79. The molecule has 0 aromatic heterocycles. The molecule has 0 radical (unpaired) electrons. The molecule has 1 N–H and O–H groups in total. The van der Waals surface area contributed by atoms with Crippen LogP contribution < -0.4 is 5.32 Å². The van der Waals surface area contributed by atoms with Crippen LogP contribution >= 0.6 is 0 Å². The number of hydrogen-bond donors (Lipinski definition) is 1. The first-order valence-electron chi connectivity index (χ1n) is 9.35. The van der Waals surface area contributed by atoms with Crippen molar-refractivity contribution in [2.75, 3.05) is 6.61 Å². The lowest BCUT2D eigenvalue weighted by Gasteiger charge is -2.43. The second kappa shape index (κ2) is 6.47. The van der Waals surface area contributed by atoms with Crippen LogP contribution in [0.2, 0.25) is 0 Å². The molecule has 4 rings (SSSR count). The molecule has 1 heterocycles. The van der Waals surface area contributed by atoms with Crippen molar-refractivity contribution in [3.8, 4) is 0 Å². The van der Waals surface area contributed by atoms with Crippen LogP contribution in [0.3, 0.4) is 0 Å². The van der Waals surface area contributed by atoms with Crippen molar-refractivity contribution in [3.63, 3.8) is 0 Å². The Kier molecular flexibility index (Phi) is 4.33. The van der Waals surface area contributed by atoms with Gasteiger partial charge in [0.05, 0.1) is 5.60 Å². The van der Waals surface area contributed by atoms with E-state index in [1.54, 1.807) is 12.1 Å². The lowest BCUT2D eigenvalue weighted by atomic mass is 9.78. The van der Waals surface area contributed by atoms with Crippen LogP contribution in [0.25, 0.3) is 0 Å². The van der Waals surface area contributed by atoms with Gasteiger partial charge in [-0.2, -0.15) is 0 Å². The van der Waals surface area contributed by atoms with E-state index in [4.69, 9.17) is 4.74 Å². The zero-order valence-electron chi connectivity index (χ0n) is 14.1. The van der Waals surface area contributed by atoms with Gasteiger partial charge in [-0.15, -0.1) is 0 Å². The summed E-state index contributed by atoms with van der Waals surface area (Å²) >= 11 is 0. The summed E-state index contributed by atoms with van der Waals surface area (Å²) in [5, 5.41) is 3.27. The van der Waals surface area contributed by atoms with Crippen molar-refractivity contribution in [2.24, 2.45) is 5.92 Å². The third-order valence-electron chi connectivity index (χ3n) is 6.03. The topological polar surface area (TPSA) is 38.3 Å². The summed E-state index contributed by atoms with van der Waals surface area (Å²) in [6.07, 6.45) is 8.84. The van der Waals surface area contributed by atoms with Gasteiger partial charge in [0.2, 0.25) is 5.91 Å². The molecule has 1 aromatic carbocycles. The molecule has 3 fully saturated rings. The van der Waals surface area contributed by atoms with Gasteiger partial charge in [-0.1, -0.05) is 31.4 Å². The minimum atomic E-state index is -0.222. The maximum absolute atomic E-state index is 13.0. The van der Waals surface area contributed by atoms with Crippen molar-refractivity contribution in [1.29, 1.82) is 0 Å². The first-order valence-corrected chi connectivity index (χ1v) is 9.35. The molecule has 1 saturated heterocycles. The number of benzene rings is 1. The Morgan fingerprint density at radius 2 is 1.92 bits per heavy atom. The quantitative estimate of drug-likeness (QED) is 0.911. The predicted molar refractivity (Wildman–Crippen MR) is 90.2 cm³/mol. The largest absolute Gasteiger partial charge is 0.375 e. The van der Waals surface area contributed by atoms with E-state index in [2.05, 4.69) is 5.32 Å². The highest BCUT2D eigenvalue weighted by molar-refractivity contribution is 5.83. The van der Waals surface area contributed by atoms with Crippen molar-refractivity contribution in [3.05, 3.63) is 35.6 Å². The number of rotatable bonds is 3. The Morgan fingerprint density at radius 1 is 1.17 bits per heavy atom. The SMILES string of the molecule is O=C(N[C@@H]1CCOC2(CCCCC2)C1)[C@H]1C[C@H]1c1ccc(F)cc1. The molecule has 1 spiro atoms. The van der Waals surface area contributed by atoms with Crippen molar-refractivity contribution in [1.82, 2.24) is 5.32 Å². The van der Waals surface area contributed by atoms with Crippen LogP contribution in [0.4, 0.5) is 4.39 Å². The number of amides is 1. The Hall–Kier alpha value is -1.42. The molecule has 2 saturated carbocycles. The average Bonchev–Trinajstić information content (AvgIpc) is 3.37. The number of nitrogens with one attached hydrogen (secondary N) is 1. The van der Waals surface area contributed by atoms with Gasteiger partial charge in [-0.05, 0) is 55.7 Å². The Labute approximate surface area is 143 Å². The normalized spacial score (nSPS) is 31.6. The van der Waals surface area contributed by atoms with E-state index in [0.717, 1.165) is 44.3 Å². The second-order valence-corrected chi connectivity index (χ2v) is 7.79. The van der Waals surface area contributed by atoms with E-state index in [1.165, 1.54) is 31.4 Å². The van der Waals surface area contributed by atoms with Crippen LogP contribution in [0.1, 0.15) is 62.8 Å². The van der Waals surface area contributed by atoms with E-state index in [0.29, 0.717) is 0 Å². The fourth-order valence-corrected chi connectivity index (χ4v) is 4.57. The lowest BCUT2D eigenvalue weighted by Crippen LogP contribution is -2.49. The summed E-state index contributed by atoms with van der Waals surface area (Å²) in [5.41, 5.74) is 1.10. The standard InChI is InChI=1S/C20H26FNO2/c21-15-6-4-14(5-7-15)17-12-18(17)19(23)22-16-8-11-24-20(13-16)9-2-1-3-10-20/h4-7,16-18H,1-3,8-13H2,(H,22,23)/t16-,17+,18+/m1/s1. The molecule has 0 unspecified atom stereocenters. The smallest absolute Gasteiger partial charge is 0.223 e. The molecule has 24 heavy (non-hydrogen) atoms. The Morgan fingerprint density at radius 3 is 2.67 bits per heavy atom. The molecule has 4 heteroatoms. The van der Waals surface area contributed by atoms with Crippen molar-refractivity contribution >= 4 is 5.91 Å². The van der Waals surface area contributed by atoms with Crippen LogP contribution in [-0.2, 0) is 9.53 Å². The number of halogens is 1. The molecule has 0 bridgehead atoms. The molecule has 3 nitrogen and oxygen atoms in total. The van der Waals surface area contributed by atoms with Crippen LogP contribution in [-0.4, -0.2) is 24.2 Å². The zero-order chi connectivity index (χ0) is 16.6. The monoisotopic (exact) mass is 331 g/mol. The van der Waals surface area contributed by atoms with Crippen LogP contribution in [0.15, 0.2) is 24.3 Å². The van der Waals surface area contributed by atoms with Gasteiger partial charge in [-0.3, -0.25) is 4.79 Å². The predicted octanol–water partition coefficient (Wildman–Crippen LogP) is 3.93. The summed E-state index contributed by atoms with van der Waals surface area (Å²) in [7, 11) is 0. The molecule has 3 atom stereocenters. The van der Waals surface area contributed by atoms with Gasteiger partial charge in [0.1, 0.15) is 5.82 Å². The van der Waals surface area contributed by atoms with E-state index < -0.39 is 0 Å². The fourth-order valence-electron chi connectivity index (χ4n) is 4.57. The molecule has 1 aromatic rings. The maximum Gasteiger partial charge on any atom is 0.223 e. The molecule has 130 valence electrons. The average molecular weight is 331 g/mol. The molecule has 1 amide bonds. The van der Waals surface area contributed by atoms with Crippen LogP contribution in [0.5, 0.6) is 0 Å². The summed E-state index contributed by atoms with van der Waals surface area (Å²) in [6.45, 7) is 0.761. The lowest BCUT2D eigenvalue weighted by molar-refractivity contribution is -0.129. The first-order chi connectivity index (χ1) is 11.7. The summed E-state index contributed by atoms with van der Waals surface area (Å²) in [5.74, 6) is 0.261. The molecule has 1 aliphatic heterocycles. The summed E-state index contributed by atoms with van der Waals surface area (Å²) in [6, 6.07) is 6.82. The van der Waals surface area contributed by atoms with Gasteiger partial charge in [0.15, 0.2) is 0 Å². The minimum absolute atomic E-state index is 0.0222. The minimum Gasteiger partial charge on any atom is -0.375 e. The Balaban J connectivity index is 1.32. The first kappa shape index (κ1) is 16.1. The highest BCUT2D eigenvalue weighted by atomic mass is 19.1. The molecular formula is C20H26FNO2. The van der Waals surface area contributed by atoms with E-state index in [9.17, 15) is 9.18 Å². The van der Waals surface area contributed by atoms with E-state index >= 15 is 0 Å². The van der Waals surface area contributed by atoms with E-state index in [-0.39, 0.29) is 35.2 Å². The highest BCUT2D eigenvalue weighted by Crippen LogP contribution is 2.48. The molecule has 2 aliphatic carbocycles. The third-order valence-corrected chi connectivity index (χ3v) is 6.03. The van der Waals surface area contributed by atoms with Gasteiger partial charge >= 0.3 is 0 Å². The Bertz CT molecular complexity index is 589. The molecule has 3 aliphatic rings. The van der Waals surface area contributed by atoms with Crippen LogP contribution in [0, 0.1) is 11.7 Å². The summed E-state index contributed by atoms with van der Waals surface area (Å²) < 4.78 is 19.1. The third kappa shape index (κ3) is 3.34. The highest BCUT2D eigenvalue weighted by Gasteiger charge is 2.45. The fraction of sp³-hybridized carbons (Fsp3) is 0.650. The van der Waals surface area contributed by atoms with E-state index in [1.807, 2.05) is 0 Å². The zero-order valence-corrected chi connectivity index (χ0v) is 14.1. The van der Waals surface area contributed by atoms with Gasteiger partial charge in [0.25, 0.3) is 0 Å².